The third-order valence-electron chi connectivity index (χ3n) is 2.85. The Morgan fingerprint density at radius 1 is 1.21 bits per heavy atom. The standard InChI is InChI=1S/C14H15N5/c1-2-6-16-14-13(15-7-8-17-14)11-10-19-9-4-3-5-12(19)18-11/h3-5,7-10H,2,6H2,1H3,(H,16,17). The van der Waals surface area contributed by atoms with Crippen molar-refractivity contribution in [3.8, 4) is 11.4 Å². The zero-order valence-corrected chi connectivity index (χ0v) is 10.7. The maximum atomic E-state index is 4.57. The molecule has 3 rings (SSSR count). The van der Waals surface area contributed by atoms with Crippen molar-refractivity contribution in [2.75, 3.05) is 11.9 Å². The van der Waals surface area contributed by atoms with Crippen molar-refractivity contribution in [1.29, 1.82) is 0 Å². The molecule has 0 radical (unpaired) electrons. The zero-order valence-electron chi connectivity index (χ0n) is 10.7. The predicted octanol–water partition coefficient (Wildman–Crippen LogP) is 2.61. The van der Waals surface area contributed by atoms with E-state index in [0.29, 0.717) is 0 Å². The lowest BCUT2D eigenvalue weighted by Gasteiger charge is -2.06. The van der Waals surface area contributed by atoms with Crippen molar-refractivity contribution in [2.24, 2.45) is 0 Å². The van der Waals surface area contributed by atoms with Gasteiger partial charge in [-0.3, -0.25) is 0 Å². The van der Waals surface area contributed by atoms with E-state index in [-0.39, 0.29) is 0 Å². The highest BCUT2D eigenvalue weighted by atomic mass is 15.0. The molecule has 0 aliphatic heterocycles. The Balaban J connectivity index is 2.05. The number of fused-ring (bicyclic) bond motifs is 1. The molecular weight excluding hydrogens is 238 g/mol. The van der Waals surface area contributed by atoms with Crippen molar-refractivity contribution >= 4 is 11.5 Å². The molecule has 0 unspecified atom stereocenters. The van der Waals surface area contributed by atoms with Crippen LogP contribution in [0.1, 0.15) is 13.3 Å². The maximum absolute atomic E-state index is 4.57. The van der Waals surface area contributed by atoms with E-state index >= 15 is 0 Å². The summed E-state index contributed by atoms with van der Waals surface area (Å²) in [7, 11) is 0. The van der Waals surface area contributed by atoms with Gasteiger partial charge < -0.3 is 9.72 Å². The number of hydrogen-bond acceptors (Lipinski definition) is 4. The van der Waals surface area contributed by atoms with E-state index in [1.807, 2.05) is 35.0 Å². The van der Waals surface area contributed by atoms with Crippen LogP contribution >= 0.6 is 0 Å². The summed E-state index contributed by atoms with van der Waals surface area (Å²) >= 11 is 0. The molecular formula is C14H15N5. The van der Waals surface area contributed by atoms with Gasteiger partial charge in [0, 0.05) is 31.3 Å². The third-order valence-corrected chi connectivity index (χ3v) is 2.85. The molecule has 0 aromatic carbocycles. The average molecular weight is 253 g/mol. The van der Waals surface area contributed by atoms with Crippen LogP contribution < -0.4 is 5.32 Å². The van der Waals surface area contributed by atoms with Gasteiger partial charge in [-0.05, 0) is 18.6 Å². The van der Waals surface area contributed by atoms with E-state index in [4.69, 9.17) is 0 Å². The van der Waals surface area contributed by atoms with Crippen LogP contribution in [0, 0.1) is 0 Å². The highest BCUT2D eigenvalue weighted by Gasteiger charge is 2.10. The summed E-state index contributed by atoms with van der Waals surface area (Å²) in [5.74, 6) is 0.785. The van der Waals surface area contributed by atoms with Crippen molar-refractivity contribution in [3.63, 3.8) is 0 Å². The number of pyridine rings is 1. The Morgan fingerprint density at radius 2 is 2.11 bits per heavy atom. The molecule has 3 heterocycles. The van der Waals surface area contributed by atoms with Gasteiger partial charge in [0.05, 0.1) is 0 Å². The number of nitrogens with one attached hydrogen (secondary N) is 1. The molecule has 0 bridgehead atoms. The molecule has 0 atom stereocenters. The van der Waals surface area contributed by atoms with Gasteiger partial charge in [-0.15, -0.1) is 0 Å². The van der Waals surface area contributed by atoms with E-state index in [1.165, 1.54) is 0 Å². The van der Waals surface area contributed by atoms with Gasteiger partial charge in [0.15, 0.2) is 5.82 Å². The molecule has 0 aliphatic rings. The fourth-order valence-electron chi connectivity index (χ4n) is 1.95. The van der Waals surface area contributed by atoms with Crippen LogP contribution in [0.3, 0.4) is 0 Å². The molecule has 1 N–H and O–H groups in total. The number of anilines is 1. The number of rotatable bonds is 4. The van der Waals surface area contributed by atoms with Crippen LogP contribution in [-0.4, -0.2) is 25.9 Å². The molecule has 5 nitrogen and oxygen atoms in total. The minimum atomic E-state index is 0.785. The second-order valence-corrected chi connectivity index (χ2v) is 4.27. The van der Waals surface area contributed by atoms with Crippen LogP contribution in [0.15, 0.2) is 43.0 Å². The first-order valence-electron chi connectivity index (χ1n) is 6.37. The van der Waals surface area contributed by atoms with Gasteiger partial charge >= 0.3 is 0 Å². The first-order valence-corrected chi connectivity index (χ1v) is 6.37. The van der Waals surface area contributed by atoms with E-state index in [0.717, 1.165) is 35.8 Å². The zero-order chi connectivity index (χ0) is 13.1. The van der Waals surface area contributed by atoms with Crippen LogP contribution in [0.4, 0.5) is 5.82 Å². The molecule has 0 aliphatic carbocycles. The predicted molar refractivity (Wildman–Crippen MR) is 75.0 cm³/mol. The van der Waals surface area contributed by atoms with Crippen LogP contribution in [0.2, 0.25) is 0 Å². The minimum Gasteiger partial charge on any atom is -0.368 e. The molecule has 3 aromatic rings. The van der Waals surface area contributed by atoms with E-state index in [2.05, 4.69) is 27.2 Å². The lowest BCUT2D eigenvalue weighted by Crippen LogP contribution is -2.04. The summed E-state index contributed by atoms with van der Waals surface area (Å²) in [4.78, 5) is 13.3. The molecule has 19 heavy (non-hydrogen) atoms. The summed E-state index contributed by atoms with van der Waals surface area (Å²) in [5, 5.41) is 3.28. The molecule has 0 spiro atoms. The van der Waals surface area contributed by atoms with Gasteiger partial charge in [-0.25, -0.2) is 15.0 Å². The number of imidazole rings is 1. The van der Waals surface area contributed by atoms with Crippen molar-refractivity contribution < 1.29 is 0 Å². The highest BCUT2D eigenvalue weighted by Crippen LogP contribution is 2.22. The lowest BCUT2D eigenvalue weighted by atomic mass is 10.3. The second-order valence-electron chi connectivity index (χ2n) is 4.27. The molecule has 3 aromatic heterocycles. The van der Waals surface area contributed by atoms with E-state index in [9.17, 15) is 0 Å². The summed E-state index contributed by atoms with van der Waals surface area (Å²) in [6, 6.07) is 5.92. The van der Waals surface area contributed by atoms with Crippen LogP contribution in [-0.2, 0) is 0 Å². The number of aromatic nitrogens is 4. The Labute approximate surface area is 111 Å². The fourth-order valence-corrected chi connectivity index (χ4v) is 1.95. The lowest BCUT2D eigenvalue weighted by molar-refractivity contribution is 0.965. The Hall–Kier alpha value is -2.43. The molecule has 5 heteroatoms. The quantitative estimate of drug-likeness (QED) is 0.776. The first-order chi connectivity index (χ1) is 9.38. The van der Waals surface area contributed by atoms with E-state index in [1.54, 1.807) is 12.4 Å². The molecule has 0 saturated carbocycles. The molecule has 0 saturated heterocycles. The minimum absolute atomic E-state index is 0.785. The Bertz CT molecular complexity index is 656. The molecule has 0 amide bonds. The average Bonchev–Trinajstić information content (AvgIpc) is 2.89. The fraction of sp³-hybridized carbons (Fsp3) is 0.214. The summed E-state index contributed by atoms with van der Waals surface area (Å²) in [6.45, 7) is 2.99. The van der Waals surface area contributed by atoms with Gasteiger partial charge in [0.1, 0.15) is 17.0 Å². The van der Waals surface area contributed by atoms with Gasteiger partial charge in [0.2, 0.25) is 0 Å². The van der Waals surface area contributed by atoms with Gasteiger partial charge in [0.25, 0.3) is 0 Å². The smallest absolute Gasteiger partial charge is 0.154 e. The Morgan fingerprint density at radius 3 is 2.95 bits per heavy atom. The second kappa shape index (κ2) is 5.06. The summed E-state index contributed by atoms with van der Waals surface area (Å²) in [5.41, 5.74) is 2.53. The number of hydrogen-bond donors (Lipinski definition) is 1. The largest absolute Gasteiger partial charge is 0.368 e. The van der Waals surface area contributed by atoms with Crippen molar-refractivity contribution in [3.05, 3.63) is 43.0 Å². The van der Waals surface area contributed by atoms with Gasteiger partial charge in [-0.1, -0.05) is 13.0 Å². The topological polar surface area (TPSA) is 55.1 Å². The number of nitrogens with zero attached hydrogens (tertiary/aromatic N) is 4. The molecule has 0 fully saturated rings. The SMILES string of the molecule is CCCNc1nccnc1-c1cn2ccccc2n1. The van der Waals surface area contributed by atoms with Gasteiger partial charge in [-0.2, -0.15) is 0 Å². The Kier molecular flexibility index (Phi) is 3.10. The summed E-state index contributed by atoms with van der Waals surface area (Å²) in [6.07, 6.45) is 8.37. The maximum Gasteiger partial charge on any atom is 0.154 e. The van der Waals surface area contributed by atoms with Crippen molar-refractivity contribution in [1.82, 2.24) is 19.4 Å². The first kappa shape index (κ1) is 11.6. The van der Waals surface area contributed by atoms with E-state index < -0.39 is 0 Å². The highest BCUT2D eigenvalue weighted by molar-refractivity contribution is 5.69. The summed E-state index contributed by atoms with van der Waals surface area (Å²) < 4.78 is 1.98. The normalized spacial score (nSPS) is 10.8. The van der Waals surface area contributed by atoms with Crippen molar-refractivity contribution in [2.45, 2.75) is 13.3 Å². The monoisotopic (exact) mass is 253 g/mol. The third kappa shape index (κ3) is 2.27. The van der Waals surface area contributed by atoms with Crippen LogP contribution in [0.5, 0.6) is 0 Å². The molecule has 96 valence electrons. The van der Waals surface area contributed by atoms with Crippen LogP contribution in [0.25, 0.3) is 17.0 Å².